The molecule has 0 aromatic carbocycles. The lowest BCUT2D eigenvalue weighted by Gasteiger charge is -2.12. The largest absolute Gasteiger partial charge is 0.481 e. The molecular weight excluding hydrogens is 435 g/mol. The summed E-state index contributed by atoms with van der Waals surface area (Å²) in [7, 11) is 3.37. The minimum Gasteiger partial charge on any atom is -0.481 e. The number of aliphatic imine (C=N–C) groups is 1. The van der Waals surface area contributed by atoms with Gasteiger partial charge in [0.25, 0.3) is 0 Å². The fourth-order valence-corrected chi connectivity index (χ4v) is 2.41. The summed E-state index contributed by atoms with van der Waals surface area (Å²) in [6.07, 6.45) is 2.05. The van der Waals surface area contributed by atoms with Gasteiger partial charge in [0.1, 0.15) is 0 Å². The molecule has 1 aliphatic rings. The molecule has 0 spiro atoms. The number of aromatic nitrogens is 1. The van der Waals surface area contributed by atoms with Crippen molar-refractivity contribution in [1.29, 1.82) is 0 Å². The fourth-order valence-electron chi connectivity index (χ4n) is 2.41. The van der Waals surface area contributed by atoms with Crippen LogP contribution in [-0.4, -0.2) is 58.1 Å². The molecule has 7 nitrogen and oxygen atoms in total. The topological polar surface area (TPSA) is 77.0 Å². The maximum atomic E-state index is 5.68. The van der Waals surface area contributed by atoms with E-state index in [0.29, 0.717) is 18.3 Å². The summed E-state index contributed by atoms with van der Waals surface area (Å²) in [5.41, 5.74) is 0.902. The van der Waals surface area contributed by atoms with Gasteiger partial charge in [-0.2, -0.15) is 0 Å². The second-order valence-electron chi connectivity index (χ2n) is 5.68. The number of ether oxygens (including phenoxy) is 3. The zero-order valence-electron chi connectivity index (χ0n) is 15.0. The molecule has 1 unspecified atom stereocenters. The van der Waals surface area contributed by atoms with E-state index in [1.165, 1.54) is 0 Å². The van der Waals surface area contributed by atoms with E-state index in [-0.39, 0.29) is 24.0 Å². The highest BCUT2D eigenvalue weighted by atomic mass is 127. The fraction of sp³-hybridized carbons (Fsp3) is 0.647. The predicted molar refractivity (Wildman–Crippen MR) is 109 cm³/mol. The van der Waals surface area contributed by atoms with E-state index in [1.807, 2.05) is 18.2 Å². The van der Waals surface area contributed by atoms with Gasteiger partial charge in [-0.15, -0.1) is 24.0 Å². The molecule has 142 valence electrons. The van der Waals surface area contributed by atoms with Gasteiger partial charge in [0, 0.05) is 38.8 Å². The molecular formula is C17H29IN4O3. The summed E-state index contributed by atoms with van der Waals surface area (Å²) in [4.78, 5) is 8.56. The van der Waals surface area contributed by atoms with Gasteiger partial charge in [-0.1, -0.05) is 6.07 Å². The highest BCUT2D eigenvalue weighted by Crippen LogP contribution is 2.12. The minimum atomic E-state index is 0. The third-order valence-electron chi connectivity index (χ3n) is 3.79. The Morgan fingerprint density at radius 3 is 3.00 bits per heavy atom. The molecule has 1 saturated heterocycles. The van der Waals surface area contributed by atoms with E-state index in [0.717, 1.165) is 57.5 Å². The first-order chi connectivity index (χ1) is 11.8. The second kappa shape index (κ2) is 13.1. The number of hydrogen-bond acceptors (Lipinski definition) is 5. The molecule has 1 atom stereocenters. The van der Waals surface area contributed by atoms with E-state index in [4.69, 9.17) is 14.2 Å². The number of nitrogens with zero attached hydrogens (tertiary/aromatic N) is 2. The molecule has 2 N–H and O–H groups in total. The molecule has 0 saturated carbocycles. The van der Waals surface area contributed by atoms with Crippen LogP contribution >= 0.6 is 24.0 Å². The van der Waals surface area contributed by atoms with Crippen molar-refractivity contribution in [2.75, 3.05) is 47.1 Å². The maximum absolute atomic E-state index is 5.68. The van der Waals surface area contributed by atoms with Crippen molar-refractivity contribution in [2.45, 2.75) is 19.4 Å². The molecule has 1 fully saturated rings. The van der Waals surface area contributed by atoms with Crippen molar-refractivity contribution in [2.24, 2.45) is 10.9 Å². The molecule has 1 aliphatic heterocycles. The van der Waals surface area contributed by atoms with Crippen LogP contribution in [0.2, 0.25) is 0 Å². The third kappa shape index (κ3) is 8.68. The Hall–Kier alpha value is -1.13. The van der Waals surface area contributed by atoms with E-state index in [1.54, 1.807) is 14.2 Å². The number of hydrogen-bond donors (Lipinski definition) is 2. The first-order valence-electron chi connectivity index (χ1n) is 8.41. The summed E-state index contributed by atoms with van der Waals surface area (Å²) in [5, 5.41) is 6.51. The van der Waals surface area contributed by atoms with Gasteiger partial charge in [-0.25, -0.2) is 4.98 Å². The second-order valence-corrected chi connectivity index (χ2v) is 5.68. The monoisotopic (exact) mass is 464 g/mol. The van der Waals surface area contributed by atoms with Crippen LogP contribution in [0.3, 0.4) is 0 Å². The number of halogens is 1. The SMILES string of the molecule is CN=C(NCCCOCC1CCOC1)NCc1cccc(OC)n1.I. The Labute approximate surface area is 167 Å². The summed E-state index contributed by atoms with van der Waals surface area (Å²) in [6.45, 7) is 4.67. The number of nitrogens with one attached hydrogen (secondary N) is 2. The molecule has 0 aliphatic carbocycles. The summed E-state index contributed by atoms with van der Waals surface area (Å²) in [6, 6.07) is 5.70. The number of guanidine groups is 1. The Morgan fingerprint density at radius 1 is 1.40 bits per heavy atom. The maximum Gasteiger partial charge on any atom is 0.213 e. The van der Waals surface area contributed by atoms with E-state index < -0.39 is 0 Å². The van der Waals surface area contributed by atoms with Crippen LogP contribution in [0, 0.1) is 5.92 Å². The van der Waals surface area contributed by atoms with Gasteiger partial charge in [-0.05, 0) is 18.9 Å². The molecule has 8 heteroatoms. The smallest absolute Gasteiger partial charge is 0.213 e. The van der Waals surface area contributed by atoms with Gasteiger partial charge in [-0.3, -0.25) is 4.99 Å². The third-order valence-corrected chi connectivity index (χ3v) is 3.79. The molecule has 0 radical (unpaired) electrons. The number of pyridine rings is 1. The van der Waals surface area contributed by atoms with Crippen LogP contribution in [-0.2, 0) is 16.0 Å². The van der Waals surface area contributed by atoms with Gasteiger partial charge in [0.2, 0.25) is 5.88 Å². The van der Waals surface area contributed by atoms with Crippen molar-refractivity contribution < 1.29 is 14.2 Å². The van der Waals surface area contributed by atoms with E-state index in [2.05, 4.69) is 20.6 Å². The lowest BCUT2D eigenvalue weighted by Crippen LogP contribution is -2.37. The van der Waals surface area contributed by atoms with Crippen molar-refractivity contribution in [3.63, 3.8) is 0 Å². The van der Waals surface area contributed by atoms with Gasteiger partial charge >= 0.3 is 0 Å². The van der Waals surface area contributed by atoms with Gasteiger partial charge < -0.3 is 24.8 Å². The van der Waals surface area contributed by atoms with Gasteiger partial charge in [0.05, 0.1) is 32.6 Å². The van der Waals surface area contributed by atoms with Crippen LogP contribution in [0.15, 0.2) is 23.2 Å². The normalized spacial score (nSPS) is 17.0. The first kappa shape index (κ1) is 21.9. The van der Waals surface area contributed by atoms with Crippen LogP contribution in [0.1, 0.15) is 18.5 Å². The lowest BCUT2D eigenvalue weighted by molar-refractivity contribution is 0.0888. The standard InChI is InChI=1S/C17H28N4O3.HI/c1-18-17(20-11-15-5-3-6-16(21-15)22-2)19-8-4-9-23-12-14-7-10-24-13-14;/h3,5-6,14H,4,7-13H2,1-2H3,(H2,18,19,20);1H. The van der Waals surface area contributed by atoms with Crippen molar-refractivity contribution >= 4 is 29.9 Å². The predicted octanol–water partition coefficient (Wildman–Crippen LogP) is 1.82. The van der Waals surface area contributed by atoms with Crippen LogP contribution < -0.4 is 15.4 Å². The molecule has 2 rings (SSSR count). The van der Waals surface area contributed by atoms with Crippen molar-refractivity contribution in [3.05, 3.63) is 23.9 Å². The molecule has 2 heterocycles. The van der Waals surface area contributed by atoms with Crippen LogP contribution in [0.25, 0.3) is 0 Å². The van der Waals surface area contributed by atoms with Crippen molar-refractivity contribution in [3.8, 4) is 5.88 Å². The zero-order chi connectivity index (χ0) is 17.0. The molecule has 1 aromatic heterocycles. The van der Waals surface area contributed by atoms with Crippen molar-refractivity contribution in [1.82, 2.24) is 15.6 Å². The Balaban J connectivity index is 0.00000312. The molecule has 0 bridgehead atoms. The minimum absolute atomic E-state index is 0. The average Bonchev–Trinajstić information content (AvgIpc) is 3.14. The highest BCUT2D eigenvalue weighted by Gasteiger charge is 2.15. The van der Waals surface area contributed by atoms with E-state index in [9.17, 15) is 0 Å². The number of methoxy groups -OCH3 is 1. The Morgan fingerprint density at radius 2 is 2.28 bits per heavy atom. The van der Waals surface area contributed by atoms with E-state index >= 15 is 0 Å². The quantitative estimate of drug-likeness (QED) is 0.251. The molecule has 0 amide bonds. The Kier molecular flexibility index (Phi) is 11.5. The highest BCUT2D eigenvalue weighted by molar-refractivity contribution is 14.0. The van der Waals surface area contributed by atoms with Crippen LogP contribution in [0.4, 0.5) is 0 Å². The lowest BCUT2D eigenvalue weighted by atomic mass is 10.1. The summed E-state index contributed by atoms with van der Waals surface area (Å²) in [5.74, 6) is 1.94. The number of rotatable bonds is 9. The molecule has 1 aromatic rings. The van der Waals surface area contributed by atoms with Crippen LogP contribution in [0.5, 0.6) is 5.88 Å². The average molecular weight is 464 g/mol. The summed E-state index contributed by atoms with van der Waals surface area (Å²) >= 11 is 0. The Bertz CT molecular complexity index is 510. The zero-order valence-corrected chi connectivity index (χ0v) is 17.3. The van der Waals surface area contributed by atoms with Gasteiger partial charge in [0.15, 0.2) is 5.96 Å². The first-order valence-corrected chi connectivity index (χ1v) is 8.41. The summed E-state index contributed by atoms with van der Waals surface area (Å²) < 4.78 is 16.1. The molecule has 25 heavy (non-hydrogen) atoms.